The Hall–Kier alpha value is -3.20. The van der Waals surface area contributed by atoms with E-state index in [1.807, 2.05) is 24.4 Å². The van der Waals surface area contributed by atoms with E-state index >= 15 is 0 Å². The third-order valence-corrected chi connectivity index (χ3v) is 5.16. The van der Waals surface area contributed by atoms with E-state index in [1.54, 1.807) is 22.8 Å². The third-order valence-electron chi connectivity index (χ3n) is 4.84. The molecule has 0 fully saturated rings. The highest BCUT2D eigenvalue weighted by atomic mass is 35.5. The van der Waals surface area contributed by atoms with Crippen LogP contribution in [0.3, 0.4) is 0 Å². The topological polar surface area (TPSA) is 97.0 Å². The fourth-order valence-electron chi connectivity index (χ4n) is 3.55. The number of carbonyl (C=O) groups is 1. The van der Waals surface area contributed by atoms with Gasteiger partial charge in [0.25, 0.3) is 5.91 Å². The van der Waals surface area contributed by atoms with Crippen LogP contribution in [0.5, 0.6) is 0 Å². The summed E-state index contributed by atoms with van der Waals surface area (Å²) in [5.74, 6) is 0.0672. The van der Waals surface area contributed by atoms with Crippen LogP contribution in [0.2, 0.25) is 5.02 Å². The highest BCUT2D eigenvalue weighted by molar-refractivity contribution is 6.33. The molecule has 0 bridgehead atoms. The number of amides is 1. The molecule has 0 saturated heterocycles. The summed E-state index contributed by atoms with van der Waals surface area (Å²) in [6, 6.07) is 5.11. The number of hydrogen-bond acceptors (Lipinski definition) is 5. The molecule has 0 spiro atoms. The van der Waals surface area contributed by atoms with Crippen molar-refractivity contribution in [2.75, 3.05) is 6.54 Å². The minimum atomic E-state index is -0.430. The molecule has 1 aliphatic heterocycles. The summed E-state index contributed by atoms with van der Waals surface area (Å²) in [7, 11) is 1.70. The van der Waals surface area contributed by atoms with Crippen molar-refractivity contribution < 1.29 is 4.79 Å². The zero-order valence-electron chi connectivity index (χ0n) is 14.4. The van der Waals surface area contributed by atoms with Crippen LogP contribution in [-0.4, -0.2) is 51.7 Å². The quantitative estimate of drug-likeness (QED) is 0.568. The molecule has 0 radical (unpaired) electrons. The number of halogens is 1. The molecule has 4 aromatic heterocycles. The molecule has 0 unspecified atom stereocenters. The first-order valence-electron chi connectivity index (χ1n) is 8.44. The number of aromatic amines is 1. The van der Waals surface area contributed by atoms with Crippen molar-refractivity contribution in [1.82, 2.24) is 39.2 Å². The minimum absolute atomic E-state index is 0.211. The number of aromatic nitrogens is 7. The van der Waals surface area contributed by atoms with E-state index in [-0.39, 0.29) is 11.7 Å². The van der Waals surface area contributed by atoms with E-state index in [0.717, 1.165) is 16.9 Å². The zero-order valence-corrected chi connectivity index (χ0v) is 15.1. The van der Waals surface area contributed by atoms with Gasteiger partial charge in [-0.05, 0) is 18.2 Å². The standard InChI is InChI=1S/C17H15ClN8O/c1-24-16(21-9-22-24)17(27)25-6-4-11-14(20-8-19-11)15(25)12-7-13-10(18)3-2-5-26(13)23-12/h2-3,5,7-9,15H,4,6H2,1H3,(H,19,20)/t15-/m1/s1. The van der Waals surface area contributed by atoms with E-state index in [4.69, 9.17) is 11.6 Å². The van der Waals surface area contributed by atoms with Gasteiger partial charge in [-0.1, -0.05) is 11.6 Å². The summed E-state index contributed by atoms with van der Waals surface area (Å²) in [4.78, 5) is 26.7. The fourth-order valence-corrected chi connectivity index (χ4v) is 3.76. The van der Waals surface area contributed by atoms with Crippen LogP contribution in [0.4, 0.5) is 0 Å². The number of imidazole rings is 1. The second kappa shape index (κ2) is 5.92. The van der Waals surface area contributed by atoms with Crippen LogP contribution in [0.25, 0.3) is 5.52 Å². The van der Waals surface area contributed by atoms with Crippen molar-refractivity contribution in [3.63, 3.8) is 0 Å². The van der Waals surface area contributed by atoms with Crippen LogP contribution in [0.1, 0.15) is 33.7 Å². The van der Waals surface area contributed by atoms with E-state index in [1.165, 1.54) is 11.0 Å². The summed E-state index contributed by atoms with van der Waals surface area (Å²) in [6.07, 6.45) is 5.53. The average molecular weight is 383 g/mol. The van der Waals surface area contributed by atoms with Crippen LogP contribution in [-0.2, 0) is 13.5 Å². The Morgan fingerprint density at radius 2 is 2.26 bits per heavy atom. The molecule has 136 valence electrons. The molecule has 5 rings (SSSR count). The maximum absolute atomic E-state index is 13.2. The van der Waals surface area contributed by atoms with Crippen LogP contribution >= 0.6 is 11.6 Å². The second-order valence-electron chi connectivity index (χ2n) is 6.38. The Morgan fingerprint density at radius 1 is 1.37 bits per heavy atom. The lowest BCUT2D eigenvalue weighted by atomic mass is 9.99. The Bertz CT molecular complexity index is 1160. The number of H-pyrrole nitrogens is 1. The van der Waals surface area contributed by atoms with E-state index < -0.39 is 6.04 Å². The van der Waals surface area contributed by atoms with Gasteiger partial charge in [0.05, 0.1) is 28.3 Å². The summed E-state index contributed by atoms with van der Waals surface area (Å²) >= 11 is 6.30. The number of nitrogens with one attached hydrogen (secondary N) is 1. The molecule has 1 amide bonds. The molecule has 1 aliphatic rings. The monoisotopic (exact) mass is 382 g/mol. The van der Waals surface area contributed by atoms with Crippen LogP contribution in [0, 0.1) is 0 Å². The van der Waals surface area contributed by atoms with Gasteiger partial charge in [0.2, 0.25) is 5.82 Å². The first kappa shape index (κ1) is 16.0. The summed E-state index contributed by atoms with van der Waals surface area (Å²) in [5.41, 5.74) is 3.27. The van der Waals surface area contributed by atoms with Crippen LogP contribution in [0.15, 0.2) is 37.1 Å². The Balaban J connectivity index is 1.66. The second-order valence-corrected chi connectivity index (χ2v) is 6.79. The lowest BCUT2D eigenvalue weighted by molar-refractivity contribution is 0.0669. The normalized spacial score (nSPS) is 16.7. The van der Waals surface area contributed by atoms with Crippen molar-refractivity contribution in [1.29, 1.82) is 0 Å². The lowest BCUT2D eigenvalue weighted by Crippen LogP contribution is -2.42. The first-order valence-corrected chi connectivity index (χ1v) is 8.82. The molecule has 10 heteroatoms. The van der Waals surface area contributed by atoms with Crippen molar-refractivity contribution in [3.05, 3.63) is 65.0 Å². The molecule has 4 aromatic rings. The average Bonchev–Trinajstić information content (AvgIpc) is 3.39. The highest BCUT2D eigenvalue weighted by Gasteiger charge is 2.37. The van der Waals surface area contributed by atoms with Gasteiger partial charge >= 0.3 is 0 Å². The molecule has 27 heavy (non-hydrogen) atoms. The highest BCUT2D eigenvalue weighted by Crippen LogP contribution is 2.34. The van der Waals surface area contributed by atoms with Crippen molar-refractivity contribution in [2.24, 2.45) is 7.05 Å². The van der Waals surface area contributed by atoms with Gasteiger partial charge < -0.3 is 9.88 Å². The Kier molecular flexibility index (Phi) is 3.51. The summed E-state index contributed by atoms with van der Waals surface area (Å²) in [5, 5.41) is 9.26. The third kappa shape index (κ3) is 2.42. The predicted octanol–water partition coefficient (Wildman–Crippen LogP) is 1.63. The van der Waals surface area contributed by atoms with Gasteiger partial charge in [-0.3, -0.25) is 4.79 Å². The molecule has 5 heterocycles. The Morgan fingerprint density at radius 3 is 3.04 bits per heavy atom. The molecule has 1 atom stereocenters. The van der Waals surface area contributed by atoms with Crippen molar-refractivity contribution in [3.8, 4) is 0 Å². The fraction of sp³-hybridized carbons (Fsp3) is 0.235. The number of hydrogen-bond donors (Lipinski definition) is 1. The maximum atomic E-state index is 13.2. The van der Waals surface area contributed by atoms with Gasteiger partial charge in [0.1, 0.15) is 12.4 Å². The molecular formula is C17H15ClN8O. The van der Waals surface area contributed by atoms with Crippen molar-refractivity contribution >= 4 is 23.0 Å². The Labute approximate surface area is 158 Å². The van der Waals surface area contributed by atoms with Gasteiger partial charge in [-0.15, -0.1) is 0 Å². The van der Waals surface area contributed by atoms with Gasteiger partial charge in [0.15, 0.2) is 0 Å². The van der Waals surface area contributed by atoms with Gasteiger partial charge in [-0.25, -0.2) is 19.2 Å². The molecular weight excluding hydrogens is 368 g/mol. The largest absolute Gasteiger partial charge is 0.348 e. The zero-order chi connectivity index (χ0) is 18.5. The van der Waals surface area contributed by atoms with Crippen LogP contribution < -0.4 is 0 Å². The van der Waals surface area contributed by atoms with E-state index in [0.29, 0.717) is 23.7 Å². The smallest absolute Gasteiger partial charge is 0.292 e. The number of carbonyl (C=O) groups excluding carboxylic acids is 1. The summed E-state index contributed by atoms with van der Waals surface area (Å²) < 4.78 is 3.18. The first-order chi connectivity index (χ1) is 13.1. The molecule has 9 nitrogen and oxygen atoms in total. The van der Waals surface area contributed by atoms with E-state index in [2.05, 4.69) is 25.1 Å². The van der Waals surface area contributed by atoms with Crippen molar-refractivity contribution in [2.45, 2.75) is 12.5 Å². The number of pyridine rings is 1. The maximum Gasteiger partial charge on any atom is 0.292 e. The number of aryl methyl sites for hydroxylation is 1. The molecule has 1 N–H and O–H groups in total. The number of fused-ring (bicyclic) bond motifs is 2. The lowest BCUT2D eigenvalue weighted by Gasteiger charge is -2.33. The van der Waals surface area contributed by atoms with Gasteiger partial charge in [0, 0.05) is 31.9 Å². The number of nitrogens with zero attached hydrogens (tertiary/aromatic N) is 7. The summed E-state index contributed by atoms with van der Waals surface area (Å²) in [6.45, 7) is 0.521. The predicted molar refractivity (Wildman–Crippen MR) is 96.4 cm³/mol. The van der Waals surface area contributed by atoms with Gasteiger partial charge in [-0.2, -0.15) is 10.2 Å². The molecule has 0 aliphatic carbocycles. The molecule has 0 saturated carbocycles. The van der Waals surface area contributed by atoms with E-state index in [9.17, 15) is 4.79 Å². The molecule has 0 aromatic carbocycles. The SMILES string of the molecule is Cn1ncnc1C(=O)N1CCc2[nH]cnc2[C@H]1c1cc2c(Cl)cccn2n1. The minimum Gasteiger partial charge on any atom is -0.348 e. The number of rotatable bonds is 2.